The number of hydrogen-bond donors (Lipinski definition) is 2. The van der Waals surface area contributed by atoms with Gasteiger partial charge in [0, 0.05) is 31.9 Å². The molecule has 11 heteroatoms. The number of carbonyl (C=O) groups excluding carboxylic acids is 2. The van der Waals surface area contributed by atoms with Gasteiger partial charge in [0.15, 0.2) is 5.82 Å². The van der Waals surface area contributed by atoms with E-state index in [0.717, 1.165) is 4.31 Å². The zero-order valence-electron chi connectivity index (χ0n) is 15.8. The highest BCUT2D eigenvalue weighted by atomic mass is 32.2. The fourth-order valence-corrected chi connectivity index (χ4v) is 3.57. The maximum Gasteiger partial charge on any atom is 0.333 e. The lowest BCUT2D eigenvalue weighted by Gasteiger charge is -2.26. The van der Waals surface area contributed by atoms with Crippen LogP contribution in [0, 0.1) is 6.92 Å². The number of aryl methyl sites for hydroxylation is 1. The van der Waals surface area contributed by atoms with E-state index in [-0.39, 0.29) is 17.1 Å². The highest BCUT2D eigenvalue weighted by Gasteiger charge is 2.31. The van der Waals surface area contributed by atoms with Crippen molar-refractivity contribution in [2.24, 2.45) is 5.73 Å². The fraction of sp³-hybridized carbons (Fsp3) is 0.235. The maximum atomic E-state index is 12.9. The van der Waals surface area contributed by atoms with E-state index in [4.69, 9.17) is 10.5 Å². The van der Waals surface area contributed by atoms with Gasteiger partial charge in [-0.05, 0) is 19.1 Å². The van der Waals surface area contributed by atoms with Gasteiger partial charge >= 0.3 is 16.2 Å². The molecule has 1 aromatic carbocycles. The number of para-hydroxylation sites is 1. The third-order valence-electron chi connectivity index (χ3n) is 3.59. The van der Waals surface area contributed by atoms with Gasteiger partial charge in [0.1, 0.15) is 5.75 Å². The van der Waals surface area contributed by atoms with Crippen molar-refractivity contribution in [3.05, 3.63) is 47.7 Å². The average Bonchev–Trinajstić information content (AvgIpc) is 2.59. The van der Waals surface area contributed by atoms with Crippen molar-refractivity contribution in [1.29, 1.82) is 0 Å². The Bertz CT molecular complexity index is 1010. The van der Waals surface area contributed by atoms with Crippen LogP contribution < -0.4 is 19.5 Å². The molecule has 0 bridgehead atoms. The van der Waals surface area contributed by atoms with Crippen LogP contribution in [0.1, 0.15) is 16.1 Å². The molecule has 1 aromatic heterocycles. The number of amides is 3. The molecule has 10 nitrogen and oxygen atoms in total. The molecule has 0 spiro atoms. The standard InChI is InChI=1S/C17H21N5O5S/c1-11-9-12(27-4)10-15(19-11)22(28(25,26)20-17(18)24)14-8-6-5-7-13(14)16(23)21(2)3/h5-10H,1-4H3,(H3,18,20,24). The monoisotopic (exact) mass is 407 g/mol. The summed E-state index contributed by atoms with van der Waals surface area (Å²) >= 11 is 0. The van der Waals surface area contributed by atoms with Crippen molar-refractivity contribution in [3.63, 3.8) is 0 Å². The summed E-state index contributed by atoms with van der Waals surface area (Å²) in [6.45, 7) is 1.65. The van der Waals surface area contributed by atoms with Crippen molar-refractivity contribution >= 4 is 33.7 Å². The van der Waals surface area contributed by atoms with E-state index in [9.17, 15) is 18.0 Å². The van der Waals surface area contributed by atoms with Crippen LogP contribution in [0.3, 0.4) is 0 Å². The van der Waals surface area contributed by atoms with E-state index < -0.39 is 22.1 Å². The third kappa shape index (κ3) is 4.49. The number of ether oxygens (including phenoxy) is 1. The van der Waals surface area contributed by atoms with Crippen LogP contribution in [0.5, 0.6) is 5.75 Å². The van der Waals surface area contributed by atoms with Crippen LogP contribution in [-0.2, 0) is 10.2 Å². The molecule has 0 saturated heterocycles. The number of nitrogens with two attached hydrogens (primary N) is 1. The van der Waals surface area contributed by atoms with Crippen LogP contribution >= 0.6 is 0 Å². The lowest BCUT2D eigenvalue weighted by molar-refractivity contribution is 0.0828. The number of carbonyl (C=O) groups is 2. The number of hydrogen-bond acceptors (Lipinski definition) is 6. The Morgan fingerprint density at radius 1 is 1.18 bits per heavy atom. The normalized spacial score (nSPS) is 10.9. The molecule has 0 unspecified atom stereocenters. The number of anilines is 2. The molecule has 0 atom stereocenters. The molecule has 2 rings (SSSR count). The number of pyridine rings is 1. The van der Waals surface area contributed by atoms with Crippen LogP contribution in [0.4, 0.5) is 16.3 Å². The van der Waals surface area contributed by atoms with Crippen LogP contribution in [0.2, 0.25) is 0 Å². The Morgan fingerprint density at radius 3 is 2.39 bits per heavy atom. The molecule has 2 aromatic rings. The van der Waals surface area contributed by atoms with Gasteiger partial charge < -0.3 is 15.4 Å². The largest absolute Gasteiger partial charge is 0.497 e. The third-order valence-corrected chi connectivity index (χ3v) is 4.91. The summed E-state index contributed by atoms with van der Waals surface area (Å²) in [5.41, 5.74) is 5.57. The first-order valence-electron chi connectivity index (χ1n) is 8.02. The Balaban J connectivity index is 2.80. The molecule has 0 aliphatic rings. The number of nitrogens with one attached hydrogen (secondary N) is 1. The number of primary amides is 1. The Labute approximate surface area is 163 Å². The van der Waals surface area contributed by atoms with E-state index in [0.29, 0.717) is 11.4 Å². The molecule has 28 heavy (non-hydrogen) atoms. The van der Waals surface area contributed by atoms with Gasteiger partial charge in [-0.2, -0.15) is 8.42 Å². The Kier molecular flexibility index (Phi) is 6.09. The SMILES string of the molecule is COc1cc(C)nc(N(c2ccccc2C(=O)N(C)C)S(=O)(=O)NC(N)=O)c1. The number of methoxy groups -OCH3 is 1. The highest BCUT2D eigenvalue weighted by molar-refractivity contribution is 7.91. The summed E-state index contributed by atoms with van der Waals surface area (Å²) in [7, 11) is -0.0414. The molecular weight excluding hydrogens is 386 g/mol. The van der Waals surface area contributed by atoms with E-state index in [1.54, 1.807) is 29.8 Å². The number of nitrogens with zero attached hydrogens (tertiary/aromatic N) is 3. The first-order chi connectivity index (χ1) is 13.1. The predicted octanol–water partition coefficient (Wildman–Crippen LogP) is 1.15. The summed E-state index contributed by atoms with van der Waals surface area (Å²) < 4.78 is 33.4. The number of urea groups is 1. The summed E-state index contributed by atoms with van der Waals surface area (Å²) in [4.78, 5) is 29.4. The van der Waals surface area contributed by atoms with Crippen molar-refractivity contribution < 1.29 is 22.7 Å². The van der Waals surface area contributed by atoms with Gasteiger partial charge in [0.05, 0.1) is 18.4 Å². The summed E-state index contributed by atoms with van der Waals surface area (Å²) in [5, 5.41) is 0. The first kappa shape index (κ1) is 21.0. The van der Waals surface area contributed by atoms with Gasteiger partial charge in [-0.15, -0.1) is 0 Å². The first-order valence-corrected chi connectivity index (χ1v) is 9.46. The van der Waals surface area contributed by atoms with E-state index in [2.05, 4.69) is 4.98 Å². The molecule has 150 valence electrons. The molecule has 0 aliphatic carbocycles. The predicted molar refractivity (Wildman–Crippen MR) is 104 cm³/mol. The summed E-state index contributed by atoms with van der Waals surface area (Å²) in [5.74, 6) is -0.169. The van der Waals surface area contributed by atoms with Crippen molar-refractivity contribution in [2.75, 3.05) is 25.5 Å². The number of rotatable bonds is 6. The lowest BCUT2D eigenvalue weighted by Crippen LogP contribution is -2.44. The maximum absolute atomic E-state index is 12.9. The van der Waals surface area contributed by atoms with Gasteiger partial charge in [-0.25, -0.2) is 18.8 Å². The van der Waals surface area contributed by atoms with Crippen LogP contribution in [0.15, 0.2) is 36.4 Å². The van der Waals surface area contributed by atoms with Gasteiger partial charge in [-0.3, -0.25) is 4.79 Å². The summed E-state index contributed by atoms with van der Waals surface area (Å²) in [6.07, 6.45) is 0. The second-order valence-corrected chi connectivity index (χ2v) is 7.48. The topological polar surface area (TPSA) is 135 Å². The molecule has 3 amide bonds. The minimum Gasteiger partial charge on any atom is -0.497 e. The number of aromatic nitrogens is 1. The zero-order valence-corrected chi connectivity index (χ0v) is 16.6. The number of benzene rings is 1. The van der Waals surface area contributed by atoms with Crippen LogP contribution in [0.25, 0.3) is 0 Å². The smallest absolute Gasteiger partial charge is 0.333 e. The molecule has 3 N–H and O–H groups in total. The lowest BCUT2D eigenvalue weighted by atomic mass is 10.1. The zero-order chi connectivity index (χ0) is 21.1. The molecule has 0 saturated carbocycles. The Hall–Kier alpha value is -3.34. The highest BCUT2D eigenvalue weighted by Crippen LogP contribution is 2.32. The molecule has 0 fully saturated rings. The molecular formula is C17H21N5O5S. The molecule has 0 aliphatic heterocycles. The van der Waals surface area contributed by atoms with Gasteiger partial charge in [-0.1, -0.05) is 12.1 Å². The second-order valence-electron chi connectivity index (χ2n) is 5.96. The van der Waals surface area contributed by atoms with E-state index in [1.807, 2.05) is 0 Å². The second kappa shape index (κ2) is 8.13. The van der Waals surface area contributed by atoms with Crippen molar-refractivity contribution in [3.8, 4) is 5.75 Å². The average molecular weight is 407 g/mol. The quantitative estimate of drug-likeness (QED) is 0.737. The minimum atomic E-state index is -4.53. The van der Waals surface area contributed by atoms with Crippen molar-refractivity contribution in [2.45, 2.75) is 6.92 Å². The molecule has 1 heterocycles. The Morgan fingerprint density at radius 2 is 1.82 bits per heavy atom. The van der Waals surface area contributed by atoms with E-state index >= 15 is 0 Å². The summed E-state index contributed by atoms with van der Waals surface area (Å²) in [6, 6.07) is 7.74. The van der Waals surface area contributed by atoms with Crippen LogP contribution in [-0.4, -0.2) is 51.4 Å². The van der Waals surface area contributed by atoms with E-state index in [1.165, 1.54) is 44.3 Å². The van der Waals surface area contributed by atoms with Gasteiger partial charge in [0.25, 0.3) is 5.91 Å². The fourth-order valence-electron chi connectivity index (χ4n) is 2.46. The minimum absolute atomic E-state index is 0.00453. The van der Waals surface area contributed by atoms with Crippen molar-refractivity contribution in [1.82, 2.24) is 14.6 Å². The molecule has 0 radical (unpaired) electrons. The van der Waals surface area contributed by atoms with Gasteiger partial charge in [0.2, 0.25) is 0 Å².